The summed E-state index contributed by atoms with van der Waals surface area (Å²) in [5.74, 6) is 5.82. The highest BCUT2D eigenvalue weighted by Gasteiger charge is 2.18. The number of nitrogens with one attached hydrogen (secondary N) is 4. The SMILES string of the molecule is CC.CCCC[C@H](CC)CSSCCOC(=O)NC1CCNC1.CCCC[C@H](CC)CSSCCOC(=O)N[C@H]1CCNC1.[HH].[HH]. The maximum atomic E-state index is 11.5. The summed E-state index contributed by atoms with van der Waals surface area (Å²) in [7, 11) is 7.46. The lowest BCUT2D eigenvalue weighted by molar-refractivity contribution is 0.149. The third-order valence-electron chi connectivity index (χ3n) is 7.42. The molecule has 0 spiro atoms. The van der Waals surface area contributed by atoms with Gasteiger partial charge in [-0.15, -0.1) is 0 Å². The Morgan fingerprint density at radius 2 is 1.14 bits per heavy atom. The van der Waals surface area contributed by atoms with Crippen LogP contribution in [0.15, 0.2) is 0 Å². The van der Waals surface area contributed by atoms with Crippen LogP contribution in [0.1, 0.15) is 109 Å². The van der Waals surface area contributed by atoms with Gasteiger partial charge in [0.2, 0.25) is 0 Å². The van der Waals surface area contributed by atoms with Crippen LogP contribution >= 0.6 is 43.2 Å². The lowest BCUT2D eigenvalue weighted by Gasteiger charge is -2.13. The van der Waals surface area contributed by atoms with Crippen molar-refractivity contribution in [2.24, 2.45) is 11.8 Å². The van der Waals surface area contributed by atoms with E-state index in [0.29, 0.717) is 13.2 Å². The van der Waals surface area contributed by atoms with Gasteiger partial charge in [0, 0.05) is 51.0 Å². The quantitative estimate of drug-likeness (QED) is 0.0647. The van der Waals surface area contributed by atoms with Crippen molar-refractivity contribution in [3.8, 4) is 0 Å². The molecule has 4 atom stereocenters. The minimum Gasteiger partial charge on any atom is -0.449 e. The molecule has 2 rings (SSSR count). The van der Waals surface area contributed by atoms with Gasteiger partial charge in [0.15, 0.2) is 0 Å². The number of carbonyl (C=O) groups excluding carboxylic acids is 2. The molecule has 0 aromatic carbocycles. The summed E-state index contributed by atoms with van der Waals surface area (Å²) in [4.78, 5) is 23.1. The van der Waals surface area contributed by atoms with Gasteiger partial charge in [-0.05, 0) is 50.6 Å². The number of hydrogen-bond acceptors (Lipinski definition) is 10. The lowest BCUT2D eigenvalue weighted by atomic mass is 10.0. The molecule has 2 fully saturated rings. The molecule has 0 aromatic heterocycles. The molecule has 8 nitrogen and oxygen atoms in total. The largest absolute Gasteiger partial charge is 0.449 e. The number of amides is 2. The maximum absolute atomic E-state index is 11.5. The molecule has 0 bridgehead atoms. The average molecular weight is 703 g/mol. The van der Waals surface area contributed by atoms with E-state index in [9.17, 15) is 9.59 Å². The predicted octanol–water partition coefficient (Wildman–Crippen LogP) is 8.86. The van der Waals surface area contributed by atoms with Crippen LogP contribution in [0.3, 0.4) is 0 Å². The van der Waals surface area contributed by atoms with Crippen LogP contribution in [0, 0.1) is 11.8 Å². The number of unbranched alkanes of at least 4 members (excludes halogenated alkanes) is 2. The predicted molar refractivity (Wildman–Crippen MR) is 204 cm³/mol. The van der Waals surface area contributed by atoms with Crippen molar-refractivity contribution in [1.82, 2.24) is 21.3 Å². The summed E-state index contributed by atoms with van der Waals surface area (Å²) in [5.41, 5.74) is 0. The molecule has 2 saturated heterocycles. The maximum Gasteiger partial charge on any atom is 0.407 e. The first-order chi connectivity index (χ1) is 21.5. The van der Waals surface area contributed by atoms with Gasteiger partial charge in [0.05, 0.1) is 0 Å². The van der Waals surface area contributed by atoms with E-state index in [1.54, 1.807) is 0 Å². The Labute approximate surface area is 289 Å². The van der Waals surface area contributed by atoms with Crippen LogP contribution in [-0.4, -0.2) is 86.7 Å². The first kappa shape index (κ1) is 43.9. The van der Waals surface area contributed by atoms with E-state index in [1.807, 2.05) is 57.0 Å². The number of hydrogen-bond donors (Lipinski definition) is 4. The fraction of sp³-hybridized carbons (Fsp3) is 0.938. The van der Waals surface area contributed by atoms with Gasteiger partial charge in [-0.3, -0.25) is 0 Å². The highest BCUT2D eigenvalue weighted by Crippen LogP contribution is 2.28. The molecule has 0 saturated carbocycles. The Bertz CT molecular complexity index is 616. The second-order valence-corrected chi connectivity index (χ2v) is 16.2. The van der Waals surface area contributed by atoms with E-state index < -0.39 is 0 Å². The fourth-order valence-corrected chi connectivity index (χ4v) is 9.28. The Balaban J connectivity index is -0.000000732. The van der Waals surface area contributed by atoms with E-state index in [0.717, 1.165) is 62.4 Å². The molecular weight excluding hydrogens is 633 g/mol. The second-order valence-electron chi connectivity index (χ2n) is 11.0. The lowest BCUT2D eigenvalue weighted by Crippen LogP contribution is -2.36. The van der Waals surface area contributed by atoms with Crippen LogP contribution < -0.4 is 21.3 Å². The van der Waals surface area contributed by atoms with Crippen molar-refractivity contribution in [3.63, 3.8) is 0 Å². The van der Waals surface area contributed by atoms with Gasteiger partial charge in [0.25, 0.3) is 0 Å². The van der Waals surface area contributed by atoms with E-state index in [2.05, 4.69) is 49.0 Å². The fourth-order valence-electron chi connectivity index (χ4n) is 4.51. The third-order valence-corrected chi connectivity index (χ3v) is 12.5. The molecule has 1 unspecified atom stereocenters. The Morgan fingerprint density at radius 3 is 1.45 bits per heavy atom. The first-order valence-corrected chi connectivity index (χ1v) is 22.3. The van der Waals surface area contributed by atoms with Gasteiger partial charge in [-0.25, -0.2) is 9.59 Å². The Morgan fingerprint density at radius 1 is 0.727 bits per heavy atom. The minimum atomic E-state index is -0.274. The second kappa shape index (κ2) is 32.8. The molecule has 2 aliphatic heterocycles. The summed E-state index contributed by atoms with van der Waals surface area (Å²) >= 11 is 0. The molecule has 0 radical (unpaired) electrons. The summed E-state index contributed by atoms with van der Waals surface area (Å²) < 4.78 is 10.4. The molecule has 2 heterocycles. The number of rotatable bonds is 22. The van der Waals surface area contributed by atoms with Gasteiger partial charge in [0.1, 0.15) is 13.2 Å². The Hall–Kier alpha value is -0.140. The van der Waals surface area contributed by atoms with Gasteiger partial charge in [-0.1, -0.05) is 123 Å². The number of ether oxygens (including phenoxy) is 2. The van der Waals surface area contributed by atoms with E-state index in [4.69, 9.17) is 9.47 Å². The smallest absolute Gasteiger partial charge is 0.407 e. The minimum absolute atomic E-state index is 0. The molecule has 0 aromatic rings. The molecule has 2 aliphatic rings. The van der Waals surface area contributed by atoms with Crippen molar-refractivity contribution >= 4 is 55.4 Å². The highest BCUT2D eigenvalue weighted by molar-refractivity contribution is 8.77. The molecule has 44 heavy (non-hydrogen) atoms. The first-order valence-electron chi connectivity index (χ1n) is 17.3. The normalized spacial score (nSPS) is 18.7. The van der Waals surface area contributed by atoms with E-state index in [1.165, 1.54) is 62.9 Å². The summed E-state index contributed by atoms with van der Waals surface area (Å²) in [6, 6.07) is 0.479. The average Bonchev–Trinajstić information content (AvgIpc) is 3.75. The van der Waals surface area contributed by atoms with Crippen molar-refractivity contribution in [3.05, 3.63) is 0 Å². The van der Waals surface area contributed by atoms with Crippen LogP contribution in [0.2, 0.25) is 0 Å². The summed E-state index contributed by atoms with van der Waals surface area (Å²) in [5, 5.41) is 12.2. The molecule has 266 valence electrons. The van der Waals surface area contributed by atoms with Crippen LogP contribution in [0.25, 0.3) is 0 Å². The van der Waals surface area contributed by atoms with Crippen molar-refractivity contribution in [1.29, 1.82) is 0 Å². The number of alkyl carbamates (subject to hydrolysis) is 2. The van der Waals surface area contributed by atoms with Gasteiger partial charge >= 0.3 is 12.2 Å². The standard InChI is InChI=1S/2C15H30N2O2S2.C2H6.2H2/c2*1-3-5-6-13(4-2)12-21-20-10-9-19-15(18)17-14-7-8-16-11-14;1-2;;/h2*13-14,16H,3-12H2,1-2H3,(H,17,18);1-2H3;2*1H/t13-,14?;13-,14-;;;/m00.../s1. The van der Waals surface area contributed by atoms with E-state index >= 15 is 0 Å². The summed E-state index contributed by atoms with van der Waals surface area (Å²) in [6.45, 7) is 17.7. The molecule has 2 amide bonds. The zero-order chi connectivity index (χ0) is 32.7. The highest BCUT2D eigenvalue weighted by atomic mass is 33.1. The summed E-state index contributed by atoms with van der Waals surface area (Å²) in [6.07, 6.45) is 11.9. The van der Waals surface area contributed by atoms with Crippen LogP contribution in [0.4, 0.5) is 9.59 Å². The zero-order valence-electron chi connectivity index (χ0n) is 28.7. The number of carbonyl (C=O) groups is 2. The van der Waals surface area contributed by atoms with E-state index in [-0.39, 0.29) is 27.1 Å². The van der Waals surface area contributed by atoms with Gasteiger partial charge in [-0.2, -0.15) is 0 Å². The Kier molecular flexibility index (Phi) is 32.7. The third kappa shape index (κ3) is 26.0. The van der Waals surface area contributed by atoms with Gasteiger partial charge < -0.3 is 30.7 Å². The topological polar surface area (TPSA) is 101 Å². The zero-order valence-corrected chi connectivity index (χ0v) is 32.0. The van der Waals surface area contributed by atoms with Crippen LogP contribution in [-0.2, 0) is 9.47 Å². The van der Waals surface area contributed by atoms with Crippen molar-refractivity contribution in [2.75, 3.05) is 62.4 Å². The van der Waals surface area contributed by atoms with Crippen molar-refractivity contribution < 1.29 is 21.9 Å². The molecule has 0 aliphatic carbocycles. The monoisotopic (exact) mass is 702 g/mol. The molecular formula is C32H70N4O4S4. The molecule has 4 N–H and O–H groups in total. The molecule has 12 heteroatoms. The van der Waals surface area contributed by atoms with Crippen LogP contribution in [0.5, 0.6) is 0 Å². The van der Waals surface area contributed by atoms with Crippen molar-refractivity contribution in [2.45, 2.75) is 118 Å².